The van der Waals surface area contributed by atoms with E-state index in [1.807, 2.05) is 31.2 Å². The Kier molecular flexibility index (Phi) is 8.95. The molecule has 0 saturated carbocycles. The predicted molar refractivity (Wildman–Crippen MR) is 87.9 cm³/mol. The smallest absolute Gasteiger partial charge is 0.162 e. The van der Waals surface area contributed by atoms with Gasteiger partial charge in [-0.2, -0.15) is 0 Å². The van der Waals surface area contributed by atoms with Crippen LogP contribution < -0.4 is 5.32 Å². The van der Waals surface area contributed by atoms with Gasteiger partial charge in [-0.1, -0.05) is 44.5 Å². The van der Waals surface area contributed by atoms with Crippen LogP contribution >= 0.6 is 0 Å². The lowest BCUT2D eigenvalue weighted by Crippen LogP contribution is -2.19. The Morgan fingerprint density at radius 3 is 2.43 bits per heavy atom. The van der Waals surface area contributed by atoms with Gasteiger partial charge in [0.2, 0.25) is 0 Å². The van der Waals surface area contributed by atoms with Crippen molar-refractivity contribution in [3.63, 3.8) is 0 Å². The van der Waals surface area contributed by atoms with Crippen molar-refractivity contribution in [2.75, 3.05) is 19.7 Å². The number of benzene rings is 1. The van der Waals surface area contributed by atoms with E-state index in [1.54, 1.807) is 0 Å². The maximum atomic E-state index is 11.6. The molecule has 0 aliphatic carbocycles. The molecule has 0 amide bonds. The quantitative estimate of drug-likeness (QED) is 0.484. The van der Waals surface area contributed by atoms with Crippen LogP contribution in [-0.2, 0) is 0 Å². The first kappa shape index (κ1) is 17.9. The summed E-state index contributed by atoms with van der Waals surface area (Å²) in [6, 6.07) is 7.90. The summed E-state index contributed by atoms with van der Waals surface area (Å²) in [6.07, 6.45) is 4.75. The minimum atomic E-state index is 0.182. The third-order valence-corrected chi connectivity index (χ3v) is 3.88. The number of Topliss-reactive ketones (excluding diaryl/α,β-unsaturated/α-hetero) is 1. The Morgan fingerprint density at radius 2 is 1.86 bits per heavy atom. The van der Waals surface area contributed by atoms with E-state index in [0.717, 1.165) is 31.5 Å². The van der Waals surface area contributed by atoms with Crippen molar-refractivity contribution < 1.29 is 9.90 Å². The number of ketones is 1. The lowest BCUT2D eigenvalue weighted by atomic mass is 9.91. The van der Waals surface area contributed by atoms with E-state index in [0.29, 0.717) is 12.3 Å². The monoisotopic (exact) mass is 291 g/mol. The average molecular weight is 291 g/mol. The lowest BCUT2D eigenvalue weighted by Gasteiger charge is -2.17. The van der Waals surface area contributed by atoms with Gasteiger partial charge >= 0.3 is 0 Å². The van der Waals surface area contributed by atoms with E-state index < -0.39 is 0 Å². The number of aliphatic hydroxyl groups is 1. The first-order valence-corrected chi connectivity index (χ1v) is 8.17. The van der Waals surface area contributed by atoms with E-state index in [4.69, 9.17) is 0 Å². The first-order valence-electron chi connectivity index (χ1n) is 8.17. The number of carbonyl (C=O) groups is 1. The highest BCUT2D eigenvalue weighted by Gasteiger charge is 2.11. The van der Waals surface area contributed by atoms with Crippen molar-refractivity contribution in [2.45, 2.75) is 51.9 Å². The van der Waals surface area contributed by atoms with Crippen molar-refractivity contribution in [1.82, 2.24) is 5.32 Å². The number of carbonyl (C=O) groups excluding carboxylic acids is 1. The largest absolute Gasteiger partial charge is 0.396 e. The van der Waals surface area contributed by atoms with E-state index in [1.165, 1.54) is 18.4 Å². The van der Waals surface area contributed by atoms with Gasteiger partial charge in [-0.3, -0.25) is 4.79 Å². The summed E-state index contributed by atoms with van der Waals surface area (Å²) in [4.78, 5) is 11.6. The summed E-state index contributed by atoms with van der Waals surface area (Å²) in [6.45, 7) is 6.31. The highest BCUT2D eigenvalue weighted by Crippen LogP contribution is 2.23. The zero-order valence-corrected chi connectivity index (χ0v) is 13.4. The van der Waals surface area contributed by atoms with Crippen LogP contribution in [0.3, 0.4) is 0 Å². The standard InChI is InChI=1S/C18H29NO2/c1-3-5-12-19-13-10-16(11-14-20)15-6-8-17(9-7-15)18(21)4-2/h6-9,16,19-20H,3-5,10-14H2,1-2H3. The zero-order valence-electron chi connectivity index (χ0n) is 13.4. The Bertz CT molecular complexity index is 400. The molecular weight excluding hydrogens is 262 g/mol. The molecule has 1 aromatic carbocycles. The molecule has 1 aromatic rings. The van der Waals surface area contributed by atoms with Gasteiger partial charge in [0.25, 0.3) is 0 Å². The molecule has 118 valence electrons. The fraction of sp³-hybridized carbons (Fsp3) is 0.611. The van der Waals surface area contributed by atoms with Crippen molar-refractivity contribution >= 4 is 5.78 Å². The molecule has 0 aromatic heterocycles. The van der Waals surface area contributed by atoms with E-state index in [2.05, 4.69) is 12.2 Å². The summed E-state index contributed by atoms with van der Waals surface area (Å²) in [5, 5.41) is 12.7. The zero-order chi connectivity index (χ0) is 15.5. The molecule has 0 spiro atoms. The van der Waals surface area contributed by atoms with E-state index >= 15 is 0 Å². The van der Waals surface area contributed by atoms with Crippen LogP contribution in [0.5, 0.6) is 0 Å². The third kappa shape index (κ3) is 6.40. The molecule has 0 aliphatic heterocycles. The maximum absolute atomic E-state index is 11.6. The van der Waals surface area contributed by atoms with Crippen molar-refractivity contribution in [2.24, 2.45) is 0 Å². The van der Waals surface area contributed by atoms with Gasteiger partial charge < -0.3 is 10.4 Å². The SMILES string of the molecule is CCCCNCCC(CCO)c1ccc(C(=O)CC)cc1. The second-order valence-electron chi connectivity index (χ2n) is 5.50. The second kappa shape index (κ2) is 10.5. The highest BCUT2D eigenvalue weighted by molar-refractivity contribution is 5.95. The summed E-state index contributed by atoms with van der Waals surface area (Å²) in [5.41, 5.74) is 2.00. The minimum Gasteiger partial charge on any atom is -0.396 e. The molecule has 0 heterocycles. The Hall–Kier alpha value is -1.19. The molecule has 2 N–H and O–H groups in total. The highest BCUT2D eigenvalue weighted by atomic mass is 16.3. The number of unbranched alkanes of at least 4 members (excludes halogenated alkanes) is 1. The van der Waals surface area contributed by atoms with Crippen LogP contribution in [0, 0.1) is 0 Å². The van der Waals surface area contributed by atoms with Crippen LogP contribution in [0.2, 0.25) is 0 Å². The van der Waals surface area contributed by atoms with Gasteiger partial charge in [-0.25, -0.2) is 0 Å². The summed E-state index contributed by atoms with van der Waals surface area (Å²) >= 11 is 0. The normalized spacial score (nSPS) is 12.3. The molecule has 0 aliphatic rings. The Labute approximate surface area is 128 Å². The van der Waals surface area contributed by atoms with Crippen LogP contribution in [0.1, 0.15) is 67.8 Å². The number of nitrogens with one attached hydrogen (secondary N) is 1. The van der Waals surface area contributed by atoms with Crippen LogP contribution in [0.25, 0.3) is 0 Å². The van der Waals surface area contributed by atoms with Gasteiger partial charge in [0.05, 0.1) is 0 Å². The van der Waals surface area contributed by atoms with Crippen LogP contribution in [0.15, 0.2) is 24.3 Å². The number of rotatable bonds is 11. The molecule has 0 radical (unpaired) electrons. The number of hydrogen-bond donors (Lipinski definition) is 2. The molecule has 1 rings (SSSR count). The van der Waals surface area contributed by atoms with E-state index in [9.17, 15) is 9.90 Å². The Balaban J connectivity index is 2.56. The summed E-state index contributed by atoms with van der Waals surface area (Å²) in [5.74, 6) is 0.538. The van der Waals surface area contributed by atoms with Crippen molar-refractivity contribution in [3.05, 3.63) is 35.4 Å². The molecule has 1 atom stereocenters. The second-order valence-corrected chi connectivity index (χ2v) is 5.50. The Morgan fingerprint density at radius 1 is 1.14 bits per heavy atom. The van der Waals surface area contributed by atoms with Gasteiger partial charge in [-0.05, 0) is 43.8 Å². The molecule has 0 bridgehead atoms. The average Bonchev–Trinajstić information content (AvgIpc) is 2.53. The molecular formula is C18H29NO2. The van der Waals surface area contributed by atoms with Gasteiger partial charge in [0, 0.05) is 18.6 Å². The lowest BCUT2D eigenvalue weighted by molar-refractivity contribution is 0.0988. The van der Waals surface area contributed by atoms with Crippen molar-refractivity contribution in [3.8, 4) is 0 Å². The van der Waals surface area contributed by atoms with Crippen LogP contribution in [0.4, 0.5) is 0 Å². The number of aliphatic hydroxyl groups excluding tert-OH is 1. The van der Waals surface area contributed by atoms with E-state index in [-0.39, 0.29) is 12.4 Å². The third-order valence-electron chi connectivity index (χ3n) is 3.88. The molecule has 1 unspecified atom stereocenters. The molecule has 3 nitrogen and oxygen atoms in total. The van der Waals surface area contributed by atoms with Gasteiger partial charge in [-0.15, -0.1) is 0 Å². The fourth-order valence-corrected chi connectivity index (χ4v) is 2.48. The summed E-state index contributed by atoms with van der Waals surface area (Å²) < 4.78 is 0. The summed E-state index contributed by atoms with van der Waals surface area (Å²) in [7, 11) is 0. The predicted octanol–water partition coefficient (Wildman–Crippen LogP) is 3.53. The molecule has 3 heteroatoms. The fourth-order valence-electron chi connectivity index (χ4n) is 2.48. The molecule has 0 fully saturated rings. The number of hydrogen-bond acceptors (Lipinski definition) is 3. The van der Waals surface area contributed by atoms with Gasteiger partial charge in [0.15, 0.2) is 5.78 Å². The topological polar surface area (TPSA) is 49.3 Å². The molecule has 0 saturated heterocycles. The van der Waals surface area contributed by atoms with Crippen molar-refractivity contribution in [1.29, 1.82) is 0 Å². The van der Waals surface area contributed by atoms with Crippen LogP contribution in [-0.4, -0.2) is 30.6 Å². The minimum absolute atomic E-state index is 0.182. The van der Waals surface area contributed by atoms with Gasteiger partial charge in [0.1, 0.15) is 0 Å². The maximum Gasteiger partial charge on any atom is 0.162 e. The molecule has 21 heavy (non-hydrogen) atoms. The first-order chi connectivity index (χ1) is 10.2.